The van der Waals surface area contributed by atoms with Crippen LogP contribution in [0.2, 0.25) is 0 Å². The van der Waals surface area contributed by atoms with Gasteiger partial charge in [-0.3, -0.25) is 4.79 Å². The fourth-order valence-electron chi connectivity index (χ4n) is 2.52. The lowest BCUT2D eigenvalue weighted by molar-refractivity contribution is -0.118. The summed E-state index contributed by atoms with van der Waals surface area (Å²) in [5.41, 5.74) is 0.642. The van der Waals surface area contributed by atoms with Crippen molar-refractivity contribution in [1.29, 1.82) is 0 Å². The van der Waals surface area contributed by atoms with Gasteiger partial charge in [-0.25, -0.2) is 0 Å². The number of para-hydroxylation sites is 2. The molecule has 0 heterocycles. The highest BCUT2D eigenvalue weighted by molar-refractivity contribution is 5.93. The van der Waals surface area contributed by atoms with E-state index in [1.54, 1.807) is 0 Å². The van der Waals surface area contributed by atoms with E-state index in [2.05, 4.69) is 5.32 Å². The van der Waals surface area contributed by atoms with Crippen molar-refractivity contribution >= 4 is 22.4 Å². The van der Waals surface area contributed by atoms with Crippen molar-refractivity contribution in [2.24, 2.45) is 0 Å². The van der Waals surface area contributed by atoms with E-state index < -0.39 is 0 Å². The Hall–Kier alpha value is -3.01. The van der Waals surface area contributed by atoms with Crippen LogP contribution < -0.4 is 14.8 Å². The van der Waals surface area contributed by atoms with Crippen molar-refractivity contribution in [3.8, 4) is 11.5 Å². The third kappa shape index (κ3) is 4.51. The van der Waals surface area contributed by atoms with E-state index in [4.69, 9.17) is 9.47 Å². The molecule has 25 heavy (non-hydrogen) atoms. The number of nitrogens with one attached hydrogen (secondary N) is 1. The Morgan fingerprint density at radius 3 is 2.48 bits per heavy atom. The second-order valence-electron chi connectivity index (χ2n) is 6.01. The van der Waals surface area contributed by atoms with Gasteiger partial charge in [0, 0.05) is 0 Å². The molecule has 0 spiro atoms. The molecule has 0 aliphatic heterocycles. The van der Waals surface area contributed by atoms with Gasteiger partial charge >= 0.3 is 0 Å². The monoisotopic (exact) mass is 335 g/mol. The summed E-state index contributed by atoms with van der Waals surface area (Å²) in [6.07, 6.45) is 0.0342. The number of carbonyl (C=O) groups excluding carboxylic acids is 1. The number of hydrogen-bond acceptors (Lipinski definition) is 3. The van der Waals surface area contributed by atoms with Crippen molar-refractivity contribution in [2.75, 3.05) is 11.9 Å². The van der Waals surface area contributed by atoms with Gasteiger partial charge in [-0.15, -0.1) is 0 Å². The summed E-state index contributed by atoms with van der Waals surface area (Å²) in [6, 6.07) is 21.2. The fraction of sp³-hybridized carbons (Fsp3) is 0.190. The molecule has 1 N–H and O–H groups in total. The molecule has 0 bridgehead atoms. The molecule has 0 saturated heterocycles. The summed E-state index contributed by atoms with van der Waals surface area (Å²) < 4.78 is 11.3. The highest BCUT2D eigenvalue weighted by Crippen LogP contribution is 2.25. The van der Waals surface area contributed by atoms with Crippen LogP contribution in [0.5, 0.6) is 11.5 Å². The third-order valence-electron chi connectivity index (χ3n) is 3.61. The molecule has 128 valence electrons. The number of benzene rings is 3. The molecule has 0 saturated carbocycles. The second-order valence-corrected chi connectivity index (χ2v) is 6.01. The van der Waals surface area contributed by atoms with Gasteiger partial charge in [-0.2, -0.15) is 0 Å². The average molecular weight is 335 g/mol. The molecule has 3 aromatic rings. The Bertz CT molecular complexity index is 874. The molecule has 0 radical (unpaired) electrons. The lowest BCUT2D eigenvalue weighted by Crippen LogP contribution is -2.21. The molecule has 0 unspecified atom stereocenters. The number of carbonyl (C=O) groups is 1. The van der Waals surface area contributed by atoms with Crippen LogP contribution in [0.25, 0.3) is 10.8 Å². The molecule has 0 atom stereocenters. The van der Waals surface area contributed by atoms with Crippen molar-refractivity contribution < 1.29 is 14.3 Å². The van der Waals surface area contributed by atoms with Crippen LogP contribution in [-0.2, 0) is 4.79 Å². The van der Waals surface area contributed by atoms with Crippen molar-refractivity contribution in [1.82, 2.24) is 0 Å². The topological polar surface area (TPSA) is 47.6 Å². The smallest absolute Gasteiger partial charge is 0.262 e. The van der Waals surface area contributed by atoms with E-state index >= 15 is 0 Å². The van der Waals surface area contributed by atoms with E-state index in [0.29, 0.717) is 17.2 Å². The third-order valence-corrected chi connectivity index (χ3v) is 3.61. The maximum Gasteiger partial charge on any atom is 0.262 e. The van der Waals surface area contributed by atoms with E-state index in [-0.39, 0.29) is 18.6 Å². The number of rotatable bonds is 6. The van der Waals surface area contributed by atoms with Gasteiger partial charge in [-0.05, 0) is 48.9 Å². The maximum absolute atomic E-state index is 12.2. The van der Waals surface area contributed by atoms with Crippen LogP contribution in [0.4, 0.5) is 5.69 Å². The van der Waals surface area contributed by atoms with E-state index in [9.17, 15) is 4.79 Å². The molecule has 0 aliphatic rings. The van der Waals surface area contributed by atoms with Crippen LogP contribution in [-0.4, -0.2) is 18.6 Å². The fourth-order valence-corrected chi connectivity index (χ4v) is 2.52. The SMILES string of the molecule is CC(C)Oc1ccccc1NC(=O)COc1ccc2ccccc2c1. The number of fused-ring (bicyclic) bond motifs is 1. The normalized spacial score (nSPS) is 10.7. The van der Waals surface area contributed by atoms with Gasteiger partial charge in [0.2, 0.25) is 0 Å². The highest BCUT2D eigenvalue weighted by atomic mass is 16.5. The summed E-state index contributed by atoms with van der Waals surface area (Å²) in [4.78, 5) is 12.2. The number of amides is 1. The number of hydrogen-bond donors (Lipinski definition) is 1. The zero-order valence-electron chi connectivity index (χ0n) is 14.4. The van der Waals surface area contributed by atoms with Gasteiger partial charge in [0.1, 0.15) is 11.5 Å². The molecular weight excluding hydrogens is 314 g/mol. The van der Waals surface area contributed by atoms with Gasteiger partial charge in [0.25, 0.3) is 5.91 Å². The molecule has 4 nitrogen and oxygen atoms in total. The Morgan fingerprint density at radius 2 is 1.68 bits per heavy atom. The quantitative estimate of drug-likeness (QED) is 0.713. The van der Waals surface area contributed by atoms with Gasteiger partial charge < -0.3 is 14.8 Å². The molecule has 3 aromatic carbocycles. The standard InChI is InChI=1S/C21H21NO3/c1-15(2)25-20-10-6-5-9-19(20)22-21(23)14-24-18-12-11-16-7-3-4-8-17(16)13-18/h3-13,15H,14H2,1-2H3,(H,22,23). The van der Waals surface area contributed by atoms with Gasteiger partial charge in [0.15, 0.2) is 6.61 Å². The first-order valence-corrected chi connectivity index (χ1v) is 8.29. The van der Waals surface area contributed by atoms with Crippen LogP contribution in [0.1, 0.15) is 13.8 Å². The molecule has 4 heteroatoms. The van der Waals surface area contributed by atoms with Crippen LogP contribution in [0, 0.1) is 0 Å². The molecule has 0 aliphatic carbocycles. The minimum Gasteiger partial charge on any atom is -0.489 e. The summed E-state index contributed by atoms with van der Waals surface area (Å²) in [6.45, 7) is 3.83. The predicted octanol–water partition coefficient (Wildman–Crippen LogP) is 4.64. The van der Waals surface area contributed by atoms with Crippen molar-refractivity contribution in [2.45, 2.75) is 20.0 Å². The molecule has 3 rings (SSSR count). The maximum atomic E-state index is 12.2. The summed E-state index contributed by atoms with van der Waals surface area (Å²) in [5, 5.41) is 5.05. The zero-order chi connectivity index (χ0) is 17.6. The minimum absolute atomic E-state index is 0.0342. The van der Waals surface area contributed by atoms with Crippen molar-refractivity contribution in [3.05, 3.63) is 66.7 Å². The first-order valence-electron chi connectivity index (χ1n) is 8.29. The summed E-state index contributed by atoms with van der Waals surface area (Å²) >= 11 is 0. The molecule has 0 aromatic heterocycles. The Kier molecular flexibility index (Phi) is 5.19. The lowest BCUT2D eigenvalue weighted by Gasteiger charge is -2.15. The molecule has 1 amide bonds. The van der Waals surface area contributed by atoms with Crippen molar-refractivity contribution in [3.63, 3.8) is 0 Å². The van der Waals surface area contributed by atoms with E-state index in [1.807, 2.05) is 80.6 Å². The van der Waals surface area contributed by atoms with Gasteiger partial charge in [0.05, 0.1) is 11.8 Å². The highest BCUT2D eigenvalue weighted by Gasteiger charge is 2.09. The van der Waals surface area contributed by atoms with Gasteiger partial charge in [-0.1, -0.05) is 42.5 Å². The largest absolute Gasteiger partial charge is 0.489 e. The first-order chi connectivity index (χ1) is 12.1. The second kappa shape index (κ2) is 7.71. The molecular formula is C21H21NO3. The average Bonchev–Trinajstić information content (AvgIpc) is 2.61. The van der Waals surface area contributed by atoms with Crippen LogP contribution in [0.15, 0.2) is 66.7 Å². The first kappa shape index (κ1) is 16.8. The van der Waals surface area contributed by atoms with E-state index in [1.165, 1.54) is 0 Å². The number of anilines is 1. The Morgan fingerprint density at radius 1 is 0.960 bits per heavy atom. The molecule has 0 fully saturated rings. The van der Waals surface area contributed by atoms with Crippen LogP contribution >= 0.6 is 0 Å². The zero-order valence-corrected chi connectivity index (χ0v) is 14.4. The minimum atomic E-state index is -0.229. The van der Waals surface area contributed by atoms with E-state index in [0.717, 1.165) is 10.8 Å². The Balaban J connectivity index is 1.63. The Labute approximate surface area is 147 Å². The predicted molar refractivity (Wildman–Crippen MR) is 100 cm³/mol. The van der Waals surface area contributed by atoms with Crippen LogP contribution in [0.3, 0.4) is 0 Å². The lowest BCUT2D eigenvalue weighted by atomic mass is 10.1. The summed E-state index contributed by atoms with van der Waals surface area (Å²) in [5.74, 6) is 1.09. The summed E-state index contributed by atoms with van der Waals surface area (Å²) in [7, 11) is 0. The number of ether oxygens (including phenoxy) is 2.